The maximum Gasteiger partial charge on any atom is 0.282 e. The van der Waals surface area contributed by atoms with Crippen LogP contribution in [-0.2, 0) is 6.54 Å². The van der Waals surface area contributed by atoms with E-state index in [-0.39, 0.29) is 5.56 Å². The predicted octanol–water partition coefficient (Wildman–Crippen LogP) is 2.31. The molecule has 0 aliphatic rings. The van der Waals surface area contributed by atoms with Gasteiger partial charge in [-0.3, -0.25) is 4.79 Å². The molecule has 68 valence electrons. The SMILES string of the molecule is O=c1ccon1Cc1csc(Br)c1. The average Bonchev–Trinajstić information content (AvgIpc) is 2.64. The Morgan fingerprint density at radius 2 is 2.46 bits per heavy atom. The van der Waals surface area contributed by atoms with Crippen molar-refractivity contribution in [3.05, 3.63) is 43.5 Å². The fraction of sp³-hybridized carbons (Fsp3) is 0.125. The monoisotopic (exact) mass is 259 g/mol. The van der Waals surface area contributed by atoms with E-state index >= 15 is 0 Å². The summed E-state index contributed by atoms with van der Waals surface area (Å²) in [7, 11) is 0. The van der Waals surface area contributed by atoms with Gasteiger partial charge in [-0.2, -0.15) is 4.74 Å². The number of hydrogen-bond donors (Lipinski definition) is 0. The number of hydrogen-bond acceptors (Lipinski definition) is 3. The lowest BCUT2D eigenvalue weighted by Crippen LogP contribution is -2.13. The van der Waals surface area contributed by atoms with Crippen LogP contribution in [0.1, 0.15) is 5.56 Å². The van der Waals surface area contributed by atoms with Crippen LogP contribution in [0.3, 0.4) is 0 Å². The lowest BCUT2D eigenvalue weighted by Gasteiger charge is -1.94. The fourth-order valence-corrected chi connectivity index (χ4v) is 2.21. The number of aromatic nitrogens is 1. The smallest absolute Gasteiger partial charge is 0.282 e. The molecule has 0 spiro atoms. The molecular weight excluding hydrogens is 254 g/mol. The Hall–Kier alpha value is -0.810. The van der Waals surface area contributed by atoms with Crippen LogP contribution in [0.4, 0.5) is 0 Å². The molecule has 0 aliphatic heterocycles. The molecule has 2 heterocycles. The van der Waals surface area contributed by atoms with Gasteiger partial charge in [0, 0.05) is 6.07 Å². The summed E-state index contributed by atoms with van der Waals surface area (Å²) in [6.45, 7) is 0.494. The van der Waals surface area contributed by atoms with Gasteiger partial charge in [0.25, 0.3) is 5.56 Å². The average molecular weight is 260 g/mol. The second-order valence-corrected chi connectivity index (χ2v) is 4.83. The molecule has 0 amide bonds. The number of thiophene rings is 1. The Morgan fingerprint density at radius 3 is 3.00 bits per heavy atom. The van der Waals surface area contributed by atoms with E-state index in [1.54, 1.807) is 11.3 Å². The van der Waals surface area contributed by atoms with Crippen molar-refractivity contribution >= 4 is 27.3 Å². The van der Waals surface area contributed by atoms with E-state index in [4.69, 9.17) is 4.52 Å². The Kier molecular flexibility index (Phi) is 2.37. The minimum Gasteiger partial charge on any atom is -0.384 e. The molecule has 3 nitrogen and oxygen atoms in total. The van der Waals surface area contributed by atoms with Gasteiger partial charge in [0.1, 0.15) is 6.26 Å². The van der Waals surface area contributed by atoms with Crippen molar-refractivity contribution in [2.24, 2.45) is 0 Å². The summed E-state index contributed by atoms with van der Waals surface area (Å²) in [6.07, 6.45) is 1.39. The van der Waals surface area contributed by atoms with Gasteiger partial charge in [-0.15, -0.1) is 11.3 Å². The quantitative estimate of drug-likeness (QED) is 0.830. The first-order chi connectivity index (χ1) is 6.25. The number of rotatable bonds is 2. The highest BCUT2D eigenvalue weighted by Crippen LogP contribution is 2.20. The van der Waals surface area contributed by atoms with E-state index in [1.807, 2.05) is 11.4 Å². The Labute approximate surface area is 86.7 Å². The zero-order chi connectivity index (χ0) is 9.26. The van der Waals surface area contributed by atoms with Crippen molar-refractivity contribution in [3.8, 4) is 0 Å². The van der Waals surface area contributed by atoms with Gasteiger partial charge in [-0.05, 0) is 32.9 Å². The minimum absolute atomic E-state index is 0.109. The third kappa shape index (κ3) is 1.92. The maximum absolute atomic E-state index is 11.1. The van der Waals surface area contributed by atoms with Crippen LogP contribution < -0.4 is 5.56 Å². The molecule has 0 saturated heterocycles. The molecule has 13 heavy (non-hydrogen) atoms. The van der Waals surface area contributed by atoms with E-state index < -0.39 is 0 Å². The number of halogens is 1. The summed E-state index contributed by atoms with van der Waals surface area (Å²) in [4.78, 5) is 11.1. The van der Waals surface area contributed by atoms with Gasteiger partial charge >= 0.3 is 0 Å². The molecule has 0 saturated carbocycles. The first kappa shape index (κ1) is 8.77. The van der Waals surface area contributed by atoms with E-state index in [0.717, 1.165) is 9.35 Å². The summed E-state index contributed by atoms with van der Waals surface area (Å²) in [6, 6.07) is 3.38. The van der Waals surface area contributed by atoms with E-state index in [1.165, 1.54) is 17.1 Å². The van der Waals surface area contributed by atoms with Crippen LogP contribution in [0.5, 0.6) is 0 Å². The Bertz CT molecular complexity index is 456. The molecule has 0 N–H and O–H groups in total. The summed E-state index contributed by atoms with van der Waals surface area (Å²) >= 11 is 4.95. The fourth-order valence-electron chi connectivity index (χ4n) is 1.01. The zero-order valence-corrected chi connectivity index (χ0v) is 8.97. The van der Waals surface area contributed by atoms with Gasteiger partial charge in [-0.1, -0.05) is 0 Å². The van der Waals surface area contributed by atoms with Crippen LogP contribution >= 0.6 is 27.3 Å². The van der Waals surface area contributed by atoms with Crippen LogP contribution in [0, 0.1) is 0 Å². The normalized spacial score (nSPS) is 10.5. The highest BCUT2D eigenvalue weighted by molar-refractivity contribution is 9.11. The van der Waals surface area contributed by atoms with Gasteiger partial charge in [0.15, 0.2) is 0 Å². The molecule has 0 aromatic carbocycles. The van der Waals surface area contributed by atoms with Crippen LogP contribution in [0.2, 0.25) is 0 Å². The zero-order valence-electron chi connectivity index (χ0n) is 6.57. The topological polar surface area (TPSA) is 35.1 Å². The van der Waals surface area contributed by atoms with Crippen molar-refractivity contribution in [1.29, 1.82) is 0 Å². The second kappa shape index (κ2) is 3.51. The first-order valence-electron chi connectivity index (χ1n) is 3.63. The highest BCUT2D eigenvalue weighted by atomic mass is 79.9. The second-order valence-electron chi connectivity index (χ2n) is 2.54. The van der Waals surface area contributed by atoms with Crippen molar-refractivity contribution in [3.63, 3.8) is 0 Å². The highest BCUT2D eigenvalue weighted by Gasteiger charge is 2.01. The maximum atomic E-state index is 11.1. The summed E-state index contributed by atoms with van der Waals surface area (Å²) in [5.74, 6) is 0. The minimum atomic E-state index is -0.109. The lowest BCUT2D eigenvalue weighted by molar-refractivity contribution is 0.277. The Morgan fingerprint density at radius 1 is 1.62 bits per heavy atom. The van der Waals surface area contributed by atoms with Gasteiger partial charge < -0.3 is 4.52 Å². The lowest BCUT2D eigenvalue weighted by atomic mass is 10.3. The molecule has 0 bridgehead atoms. The molecule has 2 rings (SSSR count). The molecule has 2 aromatic rings. The molecule has 0 fully saturated rings. The molecular formula is C8H6BrNO2S. The molecule has 2 aromatic heterocycles. The summed E-state index contributed by atoms with van der Waals surface area (Å²) in [5, 5.41) is 1.99. The molecule has 0 unspecified atom stereocenters. The van der Waals surface area contributed by atoms with E-state index in [9.17, 15) is 4.79 Å². The third-order valence-electron chi connectivity index (χ3n) is 1.59. The summed E-state index contributed by atoms with van der Waals surface area (Å²) in [5.41, 5.74) is 0.955. The molecule has 0 radical (unpaired) electrons. The molecule has 0 atom stereocenters. The van der Waals surface area contributed by atoms with Crippen molar-refractivity contribution < 1.29 is 4.52 Å². The van der Waals surface area contributed by atoms with Crippen molar-refractivity contribution in [2.75, 3.05) is 0 Å². The first-order valence-corrected chi connectivity index (χ1v) is 5.31. The van der Waals surface area contributed by atoms with Gasteiger partial charge in [-0.25, -0.2) is 0 Å². The largest absolute Gasteiger partial charge is 0.384 e. The van der Waals surface area contributed by atoms with Crippen molar-refractivity contribution in [2.45, 2.75) is 6.54 Å². The molecule has 5 heteroatoms. The third-order valence-corrected chi connectivity index (χ3v) is 3.15. The van der Waals surface area contributed by atoms with Crippen LogP contribution in [-0.4, -0.2) is 4.74 Å². The number of nitrogens with zero attached hydrogens (tertiary/aromatic N) is 1. The van der Waals surface area contributed by atoms with Gasteiger partial charge in [0.2, 0.25) is 0 Å². The van der Waals surface area contributed by atoms with E-state index in [0.29, 0.717) is 6.54 Å². The standard InChI is InChI=1S/C8H6BrNO2S/c9-7-3-6(5-13-7)4-10-8(11)1-2-12-10/h1-3,5H,4H2. The van der Waals surface area contributed by atoms with Gasteiger partial charge in [0.05, 0.1) is 10.3 Å². The van der Waals surface area contributed by atoms with E-state index in [2.05, 4.69) is 15.9 Å². The predicted molar refractivity (Wildman–Crippen MR) is 54.1 cm³/mol. The van der Waals surface area contributed by atoms with Crippen LogP contribution in [0.15, 0.2) is 36.9 Å². The van der Waals surface area contributed by atoms with Crippen LogP contribution in [0.25, 0.3) is 0 Å². The van der Waals surface area contributed by atoms with Crippen molar-refractivity contribution in [1.82, 2.24) is 4.74 Å². The summed E-state index contributed by atoms with van der Waals surface area (Å²) < 4.78 is 7.34. The molecule has 0 aliphatic carbocycles. The Balaban J connectivity index is 2.24.